The van der Waals surface area contributed by atoms with Crippen molar-refractivity contribution in [2.45, 2.75) is 10.5 Å². The van der Waals surface area contributed by atoms with Crippen molar-refractivity contribution >= 4 is 0 Å². The number of rotatable bonds is 1. The zero-order valence-corrected chi connectivity index (χ0v) is 8.87. The van der Waals surface area contributed by atoms with Crippen molar-refractivity contribution in [3.05, 3.63) is 23.8 Å². The molecule has 0 aromatic rings. The second kappa shape index (κ2) is 7.05. The van der Waals surface area contributed by atoms with Gasteiger partial charge in [0, 0.05) is 0 Å². The summed E-state index contributed by atoms with van der Waals surface area (Å²) in [5, 5.41) is 0. The zero-order chi connectivity index (χ0) is 5.11. The summed E-state index contributed by atoms with van der Waals surface area (Å²) in [6.45, 7) is 0. The minimum absolute atomic E-state index is 0. The Morgan fingerprint density at radius 1 is 1.44 bits per heavy atom. The number of hydrogen-bond donors (Lipinski definition) is 0. The Bertz CT molecular complexity index is 118. The fraction of sp³-hybridized carbons (Fsp3) is 0.333. The number of allylic oxidation sites excluding steroid dienone is 4. The molecule has 0 atom stereocenters. The van der Waals surface area contributed by atoms with Crippen molar-refractivity contribution in [1.82, 2.24) is 0 Å². The molecule has 0 saturated carbocycles. The van der Waals surface area contributed by atoms with Crippen LogP contribution >= 0.6 is 0 Å². The Morgan fingerprint density at radius 2 is 2.11 bits per heavy atom. The molecule has 0 heterocycles. The summed E-state index contributed by atoms with van der Waals surface area (Å²) in [7, 11) is 0. The second-order valence-corrected chi connectivity index (χ2v) is 2.50. The molecule has 49 valence electrons. The van der Waals surface area contributed by atoms with E-state index in [0.29, 0.717) is 0 Å². The van der Waals surface area contributed by atoms with Crippen LogP contribution in [0.3, 0.4) is 0 Å². The first-order valence-electron chi connectivity index (χ1n) is 2.42. The molecule has 0 aromatic heterocycles. The van der Waals surface area contributed by atoms with E-state index in [9.17, 15) is 0 Å². The SMILES string of the molecule is [Cl-].[Cl-].[Zr+2][CH2]C1=CC=CC1. The molecule has 0 fully saturated rings. The fourth-order valence-corrected chi connectivity index (χ4v) is 1.27. The molecule has 0 bridgehead atoms. The summed E-state index contributed by atoms with van der Waals surface area (Å²) in [6, 6.07) is 0. The first kappa shape index (κ1) is 12.6. The van der Waals surface area contributed by atoms with Gasteiger partial charge in [0.1, 0.15) is 0 Å². The summed E-state index contributed by atoms with van der Waals surface area (Å²) in [4.78, 5) is 0. The molecule has 1 rings (SSSR count). The molecule has 9 heavy (non-hydrogen) atoms. The summed E-state index contributed by atoms with van der Waals surface area (Å²) < 4.78 is 1.31. The number of halogens is 2. The van der Waals surface area contributed by atoms with Gasteiger partial charge in [-0.25, -0.2) is 0 Å². The standard InChI is InChI=1S/C6H7.2ClH.Zr/c1-6-4-2-3-5-6;;;/h2-4H,1,5H2;2*1H;/q;;;+2/p-2. The van der Waals surface area contributed by atoms with Crippen molar-refractivity contribution in [1.29, 1.82) is 0 Å². The monoisotopic (exact) mass is 239 g/mol. The van der Waals surface area contributed by atoms with E-state index in [1.165, 1.54) is 10.5 Å². The van der Waals surface area contributed by atoms with Gasteiger partial charge in [0.25, 0.3) is 0 Å². The van der Waals surface area contributed by atoms with Crippen molar-refractivity contribution < 1.29 is 49.5 Å². The first-order chi connectivity index (χ1) is 3.43. The van der Waals surface area contributed by atoms with E-state index in [2.05, 4.69) is 18.2 Å². The summed E-state index contributed by atoms with van der Waals surface area (Å²) in [5.41, 5.74) is 1.60. The van der Waals surface area contributed by atoms with Gasteiger partial charge in [-0.1, -0.05) is 0 Å². The van der Waals surface area contributed by atoms with Crippen LogP contribution in [0.1, 0.15) is 6.42 Å². The van der Waals surface area contributed by atoms with E-state index in [4.69, 9.17) is 0 Å². The molecule has 0 saturated heterocycles. The van der Waals surface area contributed by atoms with Gasteiger partial charge >= 0.3 is 59.1 Å². The van der Waals surface area contributed by atoms with Gasteiger partial charge < -0.3 is 24.8 Å². The van der Waals surface area contributed by atoms with Gasteiger partial charge in [-0.05, 0) is 0 Å². The third-order valence-electron chi connectivity index (χ3n) is 1.08. The molecule has 0 aromatic carbocycles. The van der Waals surface area contributed by atoms with Gasteiger partial charge in [0.05, 0.1) is 0 Å². The second-order valence-electron chi connectivity index (χ2n) is 1.63. The summed E-state index contributed by atoms with van der Waals surface area (Å²) in [5.74, 6) is 0. The quantitative estimate of drug-likeness (QED) is 0.437. The molecular weight excluding hydrogens is 234 g/mol. The van der Waals surface area contributed by atoms with Crippen LogP contribution in [0.15, 0.2) is 23.8 Å². The van der Waals surface area contributed by atoms with Gasteiger partial charge in [-0.15, -0.1) is 0 Å². The van der Waals surface area contributed by atoms with Gasteiger partial charge in [-0.3, -0.25) is 0 Å². The molecule has 1 aliphatic rings. The normalized spacial score (nSPS) is 13.8. The van der Waals surface area contributed by atoms with Crippen LogP contribution in [0.25, 0.3) is 0 Å². The third kappa shape index (κ3) is 4.36. The van der Waals surface area contributed by atoms with Crippen molar-refractivity contribution in [3.8, 4) is 0 Å². The molecule has 0 N–H and O–H groups in total. The average molecular weight is 241 g/mol. The molecule has 0 aliphatic heterocycles. The third-order valence-corrected chi connectivity index (χ3v) is 2.19. The van der Waals surface area contributed by atoms with Crippen LogP contribution in [-0.2, 0) is 24.7 Å². The maximum absolute atomic E-state index is 2.22. The van der Waals surface area contributed by atoms with Gasteiger partial charge in [-0.2, -0.15) is 0 Å². The van der Waals surface area contributed by atoms with Crippen LogP contribution in [0.4, 0.5) is 0 Å². The van der Waals surface area contributed by atoms with E-state index >= 15 is 0 Å². The van der Waals surface area contributed by atoms with E-state index in [0.717, 1.165) is 0 Å². The van der Waals surface area contributed by atoms with Crippen LogP contribution in [0.2, 0.25) is 4.13 Å². The Kier molecular flexibility index (Phi) is 9.88. The molecule has 0 nitrogen and oxygen atoms in total. The Morgan fingerprint density at radius 3 is 2.33 bits per heavy atom. The minimum atomic E-state index is 0. The maximum atomic E-state index is 2.22. The zero-order valence-electron chi connectivity index (χ0n) is 4.90. The van der Waals surface area contributed by atoms with Crippen LogP contribution in [0, 0.1) is 0 Å². The van der Waals surface area contributed by atoms with Crippen LogP contribution < -0.4 is 24.8 Å². The molecule has 0 amide bonds. The molecular formula is C6H7Cl2Zr. The van der Waals surface area contributed by atoms with Crippen molar-refractivity contribution in [2.24, 2.45) is 0 Å². The van der Waals surface area contributed by atoms with E-state index in [-0.39, 0.29) is 24.8 Å². The average Bonchev–Trinajstić information content (AvgIpc) is 2.14. The topological polar surface area (TPSA) is 0 Å². The van der Waals surface area contributed by atoms with Crippen molar-refractivity contribution in [2.75, 3.05) is 0 Å². The Hall–Kier alpha value is 0.943. The molecule has 0 radical (unpaired) electrons. The van der Waals surface area contributed by atoms with E-state index < -0.39 is 0 Å². The van der Waals surface area contributed by atoms with Gasteiger partial charge in [0.15, 0.2) is 0 Å². The fourth-order valence-electron chi connectivity index (χ4n) is 0.623. The number of hydrogen-bond acceptors (Lipinski definition) is 0. The molecule has 0 spiro atoms. The summed E-state index contributed by atoms with van der Waals surface area (Å²) in [6.07, 6.45) is 7.78. The summed E-state index contributed by atoms with van der Waals surface area (Å²) >= 11 is 1.63. The molecule has 3 heteroatoms. The Labute approximate surface area is 83.5 Å². The first-order valence-corrected chi connectivity index (χ1v) is 4.16. The Balaban J connectivity index is 0. The predicted molar refractivity (Wildman–Crippen MR) is 26.6 cm³/mol. The van der Waals surface area contributed by atoms with Crippen molar-refractivity contribution in [3.63, 3.8) is 0 Å². The van der Waals surface area contributed by atoms with E-state index in [1.54, 1.807) is 30.3 Å². The molecule has 1 aliphatic carbocycles. The molecule has 0 unspecified atom stereocenters. The van der Waals surface area contributed by atoms with Gasteiger partial charge in [0.2, 0.25) is 0 Å². The van der Waals surface area contributed by atoms with E-state index in [1.807, 2.05) is 0 Å². The van der Waals surface area contributed by atoms with Crippen LogP contribution in [-0.4, -0.2) is 0 Å². The van der Waals surface area contributed by atoms with Crippen LogP contribution in [0.5, 0.6) is 0 Å². The predicted octanol–water partition coefficient (Wildman–Crippen LogP) is -4.15.